The number of benzene rings is 2. The molecule has 164 valence electrons. The smallest absolute Gasteiger partial charge is 0.267 e. The van der Waals surface area contributed by atoms with Crippen LogP contribution in [0.25, 0.3) is 5.57 Å². The van der Waals surface area contributed by atoms with E-state index >= 15 is 0 Å². The molecule has 0 saturated carbocycles. The SMILES string of the molecule is COCCN1C(=O)/C(=C2\C(=O)N(CC(=O)Nc3cccc(Cl)c3)c3ccccc32)SC1=S. The topological polar surface area (TPSA) is 79.0 Å². The maximum absolute atomic E-state index is 13.4. The molecule has 0 aromatic heterocycles. The molecule has 32 heavy (non-hydrogen) atoms. The number of methoxy groups -OCH3 is 1. The quantitative estimate of drug-likeness (QED) is 0.496. The summed E-state index contributed by atoms with van der Waals surface area (Å²) in [4.78, 5) is 42.1. The van der Waals surface area contributed by atoms with Gasteiger partial charge in [-0.25, -0.2) is 0 Å². The Morgan fingerprint density at radius 1 is 1.12 bits per heavy atom. The predicted octanol–water partition coefficient (Wildman–Crippen LogP) is 3.54. The van der Waals surface area contributed by atoms with Crippen molar-refractivity contribution < 1.29 is 19.1 Å². The summed E-state index contributed by atoms with van der Waals surface area (Å²) in [6.45, 7) is 0.421. The number of hydrogen-bond acceptors (Lipinski definition) is 6. The van der Waals surface area contributed by atoms with Gasteiger partial charge in [0, 0.05) is 23.4 Å². The molecule has 3 amide bonds. The first-order chi connectivity index (χ1) is 15.4. The Balaban J connectivity index is 1.63. The minimum Gasteiger partial charge on any atom is -0.383 e. The Morgan fingerprint density at radius 2 is 1.91 bits per heavy atom. The summed E-state index contributed by atoms with van der Waals surface area (Å²) < 4.78 is 5.42. The third-order valence-electron chi connectivity index (χ3n) is 4.93. The third-order valence-corrected chi connectivity index (χ3v) is 6.61. The van der Waals surface area contributed by atoms with Crippen LogP contribution >= 0.6 is 35.6 Å². The maximum atomic E-state index is 13.4. The second-order valence-electron chi connectivity index (χ2n) is 6.99. The lowest BCUT2D eigenvalue weighted by Crippen LogP contribution is -2.35. The molecule has 2 aliphatic rings. The van der Waals surface area contributed by atoms with Crippen LogP contribution in [0.5, 0.6) is 0 Å². The summed E-state index contributed by atoms with van der Waals surface area (Å²) in [5.41, 5.74) is 1.95. The number of carbonyl (C=O) groups is 3. The van der Waals surface area contributed by atoms with Crippen molar-refractivity contribution in [3.63, 3.8) is 0 Å². The van der Waals surface area contributed by atoms with Crippen LogP contribution < -0.4 is 10.2 Å². The summed E-state index contributed by atoms with van der Waals surface area (Å²) in [6.07, 6.45) is 0. The molecule has 10 heteroatoms. The number of para-hydroxylation sites is 1. The number of anilines is 2. The zero-order chi connectivity index (χ0) is 22.8. The summed E-state index contributed by atoms with van der Waals surface area (Å²) in [7, 11) is 1.54. The molecule has 4 rings (SSSR count). The van der Waals surface area contributed by atoms with E-state index in [1.54, 1.807) is 55.6 Å². The van der Waals surface area contributed by atoms with E-state index in [0.29, 0.717) is 39.4 Å². The highest BCUT2D eigenvalue weighted by atomic mass is 35.5. The molecule has 1 saturated heterocycles. The number of fused-ring (bicyclic) bond motifs is 1. The predicted molar refractivity (Wildman–Crippen MR) is 130 cm³/mol. The van der Waals surface area contributed by atoms with E-state index in [-0.39, 0.29) is 28.8 Å². The van der Waals surface area contributed by atoms with E-state index in [9.17, 15) is 14.4 Å². The van der Waals surface area contributed by atoms with Crippen molar-refractivity contribution in [2.75, 3.05) is 37.0 Å². The number of thioether (sulfide) groups is 1. The number of rotatable bonds is 6. The van der Waals surface area contributed by atoms with Gasteiger partial charge < -0.3 is 10.1 Å². The molecule has 2 aromatic rings. The largest absolute Gasteiger partial charge is 0.383 e. The summed E-state index contributed by atoms with van der Waals surface area (Å²) in [5, 5.41) is 3.23. The van der Waals surface area contributed by atoms with E-state index < -0.39 is 5.91 Å². The first-order valence-electron chi connectivity index (χ1n) is 9.64. The van der Waals surface area contributed by atoms with Crippen LogP contribution in [0.3, 0.4) is 0 Å². The monoisotopic (exact) mass is 487 g/mol. The Hall–Kier alpha value is -2.72. The molecule has 2 aromatic carbocycles. The highest BCUT2D eigenvalue weighted by Crippen LogP contribution is 2.44. The fraction of sp³-hybridized carbons (Fsp3) is 0.182. The summed E-state index contributed by atoms with van der Waals surface area (Å²) in [6, 6.07) is 13.8. The number of amides is 3. The minimum absolute atomic E-state index is 0.212. The van der Waals surface area contributed by atoms with Crippen LogP contribution in [0.1, 0.15) is 5.56 Å². The highest BCUT2D eigenvalue weighted by Gasteiger charge is 2.42. The highest BCUT2D eigenvalue weighted by molar-refractivity contribution is 8.26. The average molecular weight is 488 g/mol. The molecule has 1 fully saturated rings. The van der Waals surface area contributed by atoms with E-state index in [1.165, 1.54) is 9.80 Å². The molecule has 1 N–H and O–H groups in total. The van der Waals surface area contributed by atoms with Gasteiger partial charge in [-0.1, -0.05) is 59.8 Å². The van der Waals surface area contributed by atoms with Crippen LogP contribution in [0.15, 0.2) is 53.4 Å². The zero-order valence-corrected chi connectivity index (χ0v) is 19.4. The number of halogens is 1. The molecule has 0 radical (unpaired) electrons. The Labute approximate surface area is 199 Å². The Kier molecular flexibility index (Phi) is 6.61. The second-order valence-corrected chi connectivity index (χ2v) is 9.07. The number of ether oxygens (including phenoxy) is 1. The number of nitrogens with one attached hydrogen (secondary N) is 1. The fourth-order valence-electron chi connectivity index (χ4n) is 3.49. The molecular formula is C22H18ClN3O4S2. The summed E-state index contributed by atoms with van der Waals surface area (Å²) >= 11 is 12.4. The number of thiocarbonyl (C=S) groups is 1. The van der Waals surface area contributed by atoms with Gasteiger partial charge in [-0.15, -0.1) is 0 Å². The van der Waals surface area contributed by atoms with Crippen LogP contribution in [-0.2, 0) is 19.1 Å². The first-order valence-corrected chi connectivity index (χ1v) is 11.2. The second kappa shape index (κ2) is 9.41. The van der Waals surface area contributed by atoms with Crippen molar-refractivity contribution in [1.82, 2.24) is 4.90 Å². The molecular weight excluding hydrogens is 470 g/mol. The van der Waals surface area contributed by atoms with E-state index in [1.807, 2.05) is 0 Å². The van der Waals surface area contributed by atoms with Crippen molar-refractivity contribution in [1.29, 1.82) is 0 Å². The van der Waals surface area contributed by atoms with Gasteiger partial charge in [0.2, 0.25) is 5.91 Å². The van der Waals surface area contributed by atoms with Crippen LogP contribution in [-0.4, -0.2) is 53.7 Å². The van der Waals surface area contributed by atoms with Gasteiger partial charge in [-0.2, -0.15) is 0 Å². The molecule has 2 aliphatic heterocycles. The maximum Gasteiger partial charge on any atom is 0.267 e. The van der Waals surface area contributed by atoms with Crippen LogP contribution in [0.4, 0.5) is 11.4 Å². The molecule has 0 aliphatic carbocycles. The van der Waals surface area contributed by atoms with E-state index in [4.69, 9.17) is 28.6 Å². The van der Waals surface area contributed by atoms with Crippen molar-refractivity contribution in [3.05, 3.63) is 64.0 Å². The Bertz CT molecular complexity index is 1170. The molecule has 0 bridgehead atoms. The van der Waals surface area contributed by atoms with Crippen molar-refractivity contribution >= 4 is 74.6 Å². The van der Waals surface area contributed by atoms with Crippen molar-refractivity contribution in [2.24, 2.45) is 0 Å². The molecule has 0 unspecified atom stereocenters. The first kappa shape index (κ1) is 22.5. The molecule has 0 atom stereocenters. The van der Waals surface area contributed by atoms with Gasteiger partial charge in [0.25, 0.3) is 11.8 Å². The zero-order valence-electron chi connectivity index (χ0n) is 17.0. The van der Waals surface area contributed by atoms with Crippen molar-refractivity contribution in [3.8, 4) is 0 Å². The lowest BCUT2D eigenvalue weighted by molar-refractivity contribution is -0.122. The number of carbonyl (C=O) groups excluding carboxylic acids is 3. The fourth-order valence-corrected chi connectivity index (χ4v) is 5.06. The van der Waals surface area contributed by atoms with Crippen molar-refractivity contribution in [2.45, 2.75) is 0 Å². The van der Waals surface area contributed by atoms with E-state index in [0.717, 1.165) is 11.8 Å². The molecule has 0 spiro atoms. The standard InChI is InChI=1S/C22H18ClN3O4S2/c1-30-10-9-25-21(29)19(32-22(25)31)18-15-7-2-3-8-16(15)26(20(18)28)12-17(27)24-14-6-4-5-13(23)11-14/h2-8,11H,9-10,12H2,1H3,(H,24,27)/b19-18+. The van der Waals surface area contributed by atoms with Gasteiger partial charge in [0.05, 0.1) is 29.3 Å². The molecule has 2 heterocycles. The van der Waals surface area contributed by atoms with Gasteiger partial charge in [-0.3, -0.25) is 24.2 Å². The van der Waals surface area contributed by atoms with Crippen LogP contribution in [0.2, 0.25) is 5.02 Å². The van der Waals surface area contributed by atoms with E-state index in [2.05, 4.69) is 5.32 Å². The average Bonchev–Trinajstić information content (AvgIpc) is 3.19. The number of nitrogens with zero attached hydrogens (tertiary/aromatic N) is 2. The minimum atomic E-state index is -0.417. The number of hydrogen-bond donors (Lipinski definition) is 1. The van der Waals surface area contributed by atoms with Crippen LogP contribution in [0, 0.1) is 0 Å². The lowest BCUT2D eigenvalue weighted by Gasteiger charge is -2.17. The van der Waals surface area contributed by atoms with Gasteiger partial charge >= 0.3 is 0 Å². The van der Waals surface area contributed by atoms with Gasteiger partial charge in [0.15, 0.2) is 0 Å². The Morgan fingerprint density at radius 3 is 2.66 bits per heavy atom. The van der Waals surface area contributed by atoms with Gasteiger partial charge in [0.1, 0.15) is 10.9 Å². The third kappa shape index (κ3) is 4.29. The lowest BCUT2D eigenvalue weighted by atomic mass is 10.1. The normalized spacial score (nSPS) is 17.9. The van der Waals surface area contributed by atoms with Gasteiger partial charge in [-0.05, 0) is 24.3 Å². The molecule has 7 nitrogen and oxygen atoms in total. The summed E-state index contributed by atoms with van der Waals surface area (Å²) in [5.74, 6) is -1.13.